The van der Waals surface area contributed by atoms with Crippen molar-refractivity contribution < 1.29 is 13.2 Å². The number of nitrogens with zero attached hydrogens (tertiary/aromatic N) is 4. The minimum absolute atomic E-state index is 0.0555. The Hall–Kier alpha value is -1.29. The molecule has 0 aromatic carbocycles. The van der Waals surface area contributed by atoms with Crippen LogP contribution in [-0.2, 0) is 34.2 Å². The van der Waals surface area contributed by atoms with Gasteiger partial charge in [-0.1, -0.05) is 0 Å². The third-order valence-electron chi connectivity index (χ3n) is 4.17. The lowest BCUT2D eigenvalue weighted by molar-refractivity contribution is 0.0934. The Labute approximate surface area is 152 Å². The van der Waals surface area contributed by atoms with E-state index < -0.39 is 9.84 Å². The predicted octanol–water partition coefficient (Wildman–Crippen LogP) is 1.86. The Balaban J connectivity index is 1.78. The minimum atomic E-state index is -3.38. The first-order chi connectivity index (χ1) is 11.8. The summed E-state index contributed by atoms with van der Waals surface area (Å²) >= 11 is 1.63. The van der Waals surface area contributed by atoms with Gasteiger partial charge in [-0.25, -0.2) is 18.4 Å². The van der Waals surface area contributed by atoms with E-state index in [4.69, 9.17) is 4.74 Å². The van der Waals surface area contributed by atoms with Crippen LogP contribution >= 0.6 is 11.3 Å². The summed E-state index contributed by atoms with van der Waals surface area (Å²) in [7, 11) is -1.38. The molecule has 0 saturated carbocycles. The van der Waals surface area contributed by atoms with Crippen molar-refractivity contribution in [1.29, 1.82) is 0 Å². The molecule has 1 atom stereocenters. The summed E-state index contributed by atoms with van der Waals surface area (Å²) in [5, 5.41) is 3.22. The zero-order valence-corrected chi connectivity index (χ0v) is 16.4. The lowest BCUT2D eigenvalue weighted by Gasteiger charge is -2.19. The van der Waals surface area contributed by atoms with E-state index in [0.29, 0.717) is 19.6 Å². The van der Waals surface area contributed by atoms with Crippen molar-refractivity contribution in [2.75, 3.05) is 19.9 Å². The molecule has 0 amide bonds. The summed E-state index contributed by atoms with van der Waals surface area (Å²) in [6.45, 7) is 4.58. The first kappa shape index (κ1) is 18.5. The summed E-state index contributed by atoms with van der Waals surface area (Å²) in [5.74, 6) is 0. The summed E-state index contributed by atoms with van der Waals surface area (Å²) in [6, 6.07) is 0. The fourth-order valence-corrected chi connectivity index (χ4v) is 4.53. The molecule has 1 aliphatic heterocycles. The van der Waals surface area contributed by atoms with Gasteiger partial charge in [-0.2, -0.15) is 0 Å². The molecule has 7 nitrogen and oxygen atoms in total. The molecule has 9 heteroatoms. The number of sulfone groups is 1. The molecule has 1 aliphatic rings. The number of hydrogen-bond donors (Lipinski definition) is 0. The monoisotopic (exact) mass is 384 g/mol. The predicted molar refractivity (Wildman–Crippen MR) is 96.3 cm³/mol. The van der Waals surface area contributed by atoms with Crippen molar-refractivity contribution in [3.63, 3.8) is 0 Å². The zero-order valence-electron chi connectivity index (χ0n) is 14.8. The lowest BCUT2D eigenvalue weighted by Crippen LogP contribution is -2.24. The Kier molecular flexibility index (Phi) is 5.57. The third-order valence-corrected chi connectivity index (χ3v) is 5.99. The average molecular weight is 385 g/mol. The number of rotatable bonds is 7. The molecule has 1 fully saturated rings. The number of thiazole rings is 1. The number of imidazole rings is 1. The van der Waals surface area contributed by atoms with Crippen LogP contribution in [-0.4, -0.2) is 53.9 Å². The Bertz CT molecular complexity index is 822. The molecule has 1 unspecified atom stereocenters. The summed E-state index contributed by atoms with van der Waals surface area (Å²) in [4.78, 5) is 10.8. The maximum Gasteiger partial charge on any atom is 0.227 e. The second-order valence-corrected chi connectivity index (χ2v) is 9.55. The van der Waals surface area contributed by atoms with Crippen LogP contribution in [0.1, 0.15) is 29.2 Å². The van der Waals surface area contributed by atoms with Gasteiger partial charge >= 0.3 is 0 Å². The van der Waals surface area contributed by atoms with Crippen molar-refractivity contribution in [1.82, 2.24) is 19.4 Å². The third kappa shape index (κ3) is 4.66. The fraction of sp³-hybridized carbons (Fsp3) is 0.625. The zero-order chi connectivity index (χ0) is 18.0. The van der Waals surface area contributed by atoms with E-state index in [0.717, 1.165) is 35.8 Å². The van der Waals surface area contributed by atoms with Gasteiger partial charge in [-0.15, -0.1) is 11.3 Å². The van der Waals surface area contributed by atoms with Crippen LogP contribution in [0.15, 0.2) is 16.7 Å². The topological polar surface area (TPSA) is 77.3 Å². The normalized spacial score (nSPS) is 18.3. The molecule has 3 heterocycles. The van der Waals surface area contributed by atoms with Crippen LogP contribution in [0.5, 0.6) is 0 Å². The molecule has 2 aromatic rings. The molecular formula is C16H24N4O3S2. The van der Waals surface area contributed by atoms with Crippen molar-refractivity contribution in [3.8, 4) is 0 Å². The maximum absolute atomic E-state index is 12.1. The van der Waals surface area contributed by atoms with Gasteiger partial charge in [-0.3, -0.25) is 4.90 Å². The van der Waals surface area contributed by atoms with Crippen LogP contribution in [0.2, 0.25) is 0 Å². The van der Waals surface area contributed by atoms with Gasteiger partial charge in [0.25, 0.3) is 0 Å². The van der Waals surface area contributed by atoms with Gasteiger partial charge in [0.1, 0.15) is 0 Å². The van der Waals surface area contributed by atoms with Gasteiger partial charge in [0.15, 0.2) is 0 Å². The van der Waals surface area contributed by atoms with Gasteiger partial charge < -0.3 is 9.30 Å². The quantitative estimate of drug-likeness (QED) is 0.725. The second-order valence-electron chi connectivity index (χ2n) is 6.58. The summed E-state index contributed by atoms with van der Waals surface area (Å²) < 4.78 is 31.6. The molecule has 1 saturated heterocycles. The van der Waals surface area contributed by atoms with E-state index in [1.54, 1.807) is 22.1 Å². The first-order valence-corrected chi connectivity index (χ1v) is 11.1. The SMILES string of the molecule is Cc1nc(CN(C)Cc2cnc(S(C)(=O)=O)n2CC2CCCO2)cs1. The number of ether oxygens (including phenoxy) is 1. The second kappa shape index (κ2) is 7.53. The Morgan fingerprint density at radius 1 is 1.44 bits per heavy atom. The van der Waals surface area contributed by atoms with Gasteiger partial charge in [0.05, 0.1) is 35.2 Å². The molecule has 0 spiro atoms. The van der Waals surface area contributed by atoms with E-state index in [1.165, 1.54) is 6.26 Å². The largest absolute Gasteiger partial charge is 0.376 e. The average Bonchev–Trinajstić information content (AvgIpc) is 3.22. The highest BCUT2D eigenvalue weighted by Crippen LogP contribution is 2.20. The standard InChI is InChI=1S/C16H24N4O3S2/c1-12-18-13(11-24-12)8-19(2)9-14-7-17-16(25(3,21)22)20(14)10-15-5-4-6-23-15/h7,11,15H,4-6,8-10H2,1-3H3. The number of aromatic nitrogens is 3. The van der Waals surface area contributed by atoms with E-state index in [1.807, 2.05) is 14.0 Å². The highest BCUT2D eigenvalue weighted by Gasteiger charge is 2.24. The molecule has 0 radical (unpaired) electrons. The van der Waals surface area contributed by atoms with Crippen LogP contribution in [0.25, 0.3) is 0 Å². The van der Waals surface area contributed by atoms with Gasteiger partial charge in [-0.05, 0) is 26.8 Å². The number of hydrogen-bond acceptors (Lipinski definition) is 7. The van der Waals surface area contributed by atoms with Gasteiger partial charge in [0, 0.05) is 31.3 Å². The van der Waals surface area contributed by atoms with E-state index >= 15 is 0 Å². The summed E-state index contributed by atoms with van der Waals surface area (Å²) in [5.41, 5.74) is 1.91. The molecular weight excluding hydrogens is 360 g/mol. The van der Waals surface area contributed by atoms with E-state index in [9.17, 15) is 8.42 Å². The fourth-order valence-electron chi connectivity index (χ4n) is 3.09. The molecule has 0 aliphatic carbocycles. The van der Waals surface area contributed by atoms with Crippen molar-refractivity contribution >= 4 is 21.2 Å². The van der Waals surface area contributed by atoms with Crippen LogP contribution < -0.4 is 0 Å². The van der Waals surface area contributed by atoms with Crippen LogP contribution in [0.3, 0.4) is 0 Å². The number of aryl methyl sites for hydroxylation is 1. The van der Waals surface area contributed by atoms with Gasteiger partial charge in [0.2, 0.25) is 15.0 Å². The van der Waals surface area contributed by atoms with E-state index in [2.05, 4.69) is 20.2 Å². The minimum Gasteiger partial charge on any atom is -0.376 e. The van der Waals surface area contributed by atoms with E-state index in [-0.39, 0.29) is 11.3 Å². The lowest BCUT2D eigenvalue weighted by atomic mass is 10.2. The molecule has 2 aromatic heterocycles. The Morgan fingerprint density at radius 3 is 2.84 bits per heavy atom. The van der Waals surface area contributed by atoms with Crippen LogP contribution in [0.4, 0.5) is 0 Å². The molecule has 25 heavy (non-hydrogen) atoms. The molecule has 3 rings (SSSR count). The summed E-state index contributed by atoms with van der Waals surface area (Å²) in [6.07, 6.45) is 4.89. The molecule has 0 bridgehead atoms. The van der Waals surface area contributed by atoms with Crippen molar-refractivity contribution in [2.24, 2.45) is 0 Å². The molecule has 138 valence electrons. The highest BCUT2D eigenvalue weighted by molar-refractivity contribution is 7.90. The van der Waals surface area contributed by atoms with Crippen LogP contribution in [0, 0.1) is 6.92 Å². The molecule has 0 N–H and O–H groups in total. The first-order valence-electron chi connectivity index (χ1n) is 8.28. The van der Waals surface area contributed by atoms with Crippen molar-refractivity contribution in [2.45, 2.75) is 50.7 Å². The Morgan fingerprint density at radius 2 is 2.24 bits per heavy atom. The van der Waals surface area contributed by atoms with Crippen molar-refractivity contribution in [3.05, 3.63) is 28.0 Å². The maximum atomic E-state index is 12.1. The highest BCUT2D eigenvalue weighted by atomic mass is 32.2. The smallest absolute Gasteiger partial charge is 0.227 e.